The van der Waals surface area contributed by atoms with Gasteiger partial charge in [0.2, 0.25) is 5.91 Å². The molecule has 0 aliphatic carbocycles. The first kappa shape index (κ1) is 22.9. The summed E-state index contributed by atoms with van der Waals surface area (Å²) in [5.41, 5.74) is 1.37. The predicted molar refractivity (Wildman–Crippen MR) is 129 cm³/mol. The van der Waals surface area contributed by atoms with Gasteiger partial charge in [0, 0.05) is 30.6 Å². The lowest BCUT2D eigenvalue weighted by molar-refractivity contribution is -0.140. The fraction of sp³-hybridized carbons (Fsp3) is 0.370. The van der Waals surface area contributed by atoms with Crippen LogP contribution in [0.25, 0.3) is 11.3 Å². The molecular formula is C27H31N3O3. The van der Waals surface area contributed by atoms with Crippen LogP contribution in [0.2, 0.25) is 0 Å². The predicted octanol–water partition coefficient (Wildman–Crippen LogP) is 3.70. The summed E-state index contributed by atoms with van der Waals surface area (Å²) in [5, 5.41) is 11.4. The Hall–Kier alpha value is -3.25. The number of rotatable bonds is 6. The van der Waals surface area contributed by atoms with Gasteiger partial charge in [-0.3, -0.25) is 14.2 Å². The van der Waals surface area contributed by atoms with Gasteiger partial charge in [-0.2, -0.15) is 0 Å². The van der Waals surface area contributed by atoms with Gasteiger partial charge < -0.3 is 10.0 Å². The summed E-state index contributed by atoms with van der Waals surface area (Å²) in [6.07, 6.45) is 3.06. The van der Waals surface area contributed by atoms with Crippen LogP contribution < -0.4 is 5.56 Å². The zero-order chi connectivity index (χ0) is 23.4. The van der Waals surface area contributed by atoms with Crippen LogP contribution in [0.15, 0.2) is 77.9 Å². The molecule has 1 fully saturated rings. The molecular weight excluding hydrogens is 414 g/mol. The Labute approximate surface area is 194 Å². The largest absolute Gasteiger partial charge is 0.388 e. The second-order valence-electron chi connectivity index (χ2n) is 9.08. The molecule has 2 aromatic carbocycles. The Balaban J connectivity index is 1.40. The molecule has 4 rings (SSSR count). The van der Waals surface area contributed by atoms with Gasteiger partial charge in [-0.05, 0) is 31.7 Å². The van der Waals surface area contributed by atoms with E-state index in [-0.39, 0.29) is 17.4 Å². The molecule has 6 heteroatoms. The highest BCUT2D eigenvalue weighted by Gasteiger charge is 2.40. The molecule has 0 spiro atoms. The summed E-state index contributed by atoms with van der Waals surface area (Å²) in [6.45, 7) is 4.76. The topological polar surface area (TPSA) is 75.4 Å². The van der Waals surface area contributed by atoms with Crippen molar-refractivity contribution < 1.29 is 9.90 Å². The normalized spacial score (nSPS) is 17.4. The Morgan fingerprint density at radius 3 is 2.24 bits per heavy atom. The molecule has 0 radical (unpaired) electrons. The minimum absolute atomic E-state index is 0.111. The molecule has 3 aromatic rings. The van der Waals surface area contributed by atoms with Gasteiger partial charge in [-0.1, -0.05) is 67.6 Å². The quantitative estimate of drug-likeness (QED) is 0.628. The summed E-state index contributed by atoms with van der Waals surface area (Å²) in [4.78, 5) is 32.1. The monoisotopic (exact) mass is 445 g/mol. The van der Waals surface area contributed by atoms with Crippen molar-refractivity contribution in [3.8, 4) is 11.3 Å². The van der Waals surface area contributed by atoms with Crippen molar-refractivity contribution in [3.05, 3.63) is 89.0 Å². The number of hydrogen-bond donors (Lipinski definition) is 1. The molecule has 2 heterocycles. The minimum atomic E-state index is -1.07. The summed E-state index contributed by atoms with van der Waals surface area (Å²) >= 11 is 0. The molecule has 1 aliphatic rings. The number of nitrogens with zero attached hydrogens (tertiary/aromatic N) is 3. The van der Waals surface area contributed by atoms with Gasteiger partial charge in [-0.25, -0.2) is 4.98 Å². The molecule has 2 atom stereocenters. The van der Waals surface area contributed by atoms with Crippen molar-refractivity contribution >= 4 is 5.91 Å². The van der Waals surface area contributed by atoms with Crippen LogP contribution >= 0.6 is 0 Å². The Bertz CT molecular complexity index is 1140. The molecule has 172 valence electrons. The van der Waals surface area contributed by atoms with Crippen molar-refractivity contribution in [2.24, 2.45) is 5.92 Å². The molecule has 33 heavy (non-hydrogen) atoms. The Morgan fingerprint density at radius 1 is 1.03 bits per heavy atom. The van der Waals surface area contributed by atoms with Crippen LogP contribution in [0.1, 0.15) is 38.3 Å². The van der Waals surface area contributed by atoms with E-state index in [1.165, 1.54) is 17.0 Å². The van der Waals surface area contributed by atoms with Crippen molar-refractivity contribution in [1.29, 1.82) is 0 Å². The highest BCUT2D eigenvalue weighted by Crippen LogP contribution is 2.33. The van der Waals surface area contributed by atoms with Gasteiger partial charge in [0.1, 0.15) is 0 Å². The van der Waals surface area contributed by atoms with E-state index in [2.05, 4.69) is 4.98 Å². The zero-order valence-electron chi connectivity index (χ0n) is 19.2. The van der Waals surface area contributed by atoms with Gasteiger partial charge in [0.05, 0.1) is 23.7 Å². The van der Waals surface area contributed by atoms with Gasteiger partial charge in [0.15, 0.2) is 0 Å². The molecule has 0 bridgehead atoms. The van der Waals surface area contributed by atoms with Crippen LogP contribution in [-0.4, -0.2) is 44.2 Å². The third-order valence-electron chi connectivity index (χ3n) is 6.85. The summed E-state index contributed by atoms with van der Waals surface area (Å²) in [7, 11) is 0. The molecule has 0 saturated carbocycles. The van der Waals surface area contributed by atoms with Gasteiger partial charge in [-0.15, -0.1) is 0 Å². The van der Waals surface area contributed by atoms with E-state index in [4.69, 9.17) is 0 Å². The Kier molecular flexibility index (Phi) is 6.75. The van der Waals surface area contributed by atoms with E-state index in [0.29, 0.717) is 38.0 Å². The second kappa shape index (κ2) is 9.71. The van der Waals surface area contributed by atoms with Gasteiger partial charge >= 0.3 is 0 Å². The number of amides is 1. The molecule has 6 nitrogen and oxygen atoms in total. The minimum Gasteiger partial charge on any atom is -0.388 e. The Morgan fingerprint density at radius 2 is 1.64 bits per heavy atom. The molecule has 1 aliphatic heterocycles. The van der Waals surface area contributed by atoms with Crippen LogP contribution in [0.3, 0.4) is 0 Å². The number of carbonyl (C=O) groups is 1. The number of aliphatic hydroxyl groups is 1. The van der Waals surface area contributed by atoms with Crippen molar-refractivity contribution in [1.82, 2.24) is 14.5 Å². The van der Waals surface area contributed by atoms with E-state index in [9.17, 15) is 14.7 Å². The summed E-state index contributed by atoms with van der Waals surface area (Å²) in [6, 6.07) is 20.6. The smallest absolute Gasteiger partial charge is 0.254 e. The number of carbonyl (C=O) groups excluding carboxylic acids is 1. The summed E-state index contributed by atoms with van der Waals surface area (Å²) < 4.78 is 1.50. The molecule has 1 aromatic heterocycles. The first-order valence-electron chi connectivity index (χ1n) is 11.6. The van der Waals surface area contributed by atoms with Crippen molar-refractivity contribution in [2.75, 3.05) is 13.1 Å². The maximum atomic E-state index is 13.0. The van der Waals surface area contributed by atoms with Crippen LogP contribution in [0.5, 0.6) is 0 Å². The average Bonchev–Trinajstić information content (AvgIpc) is 2.85. The van der Waals surface area contributed by atoms with E-state index in [1.54, 1.807) is 0 Å². The number of aromatic nitrogens is 2. The van der Waals surface area contributed by atoms with Crippen molar-refractivity contribution in [2.45, 2.75) is 44.8 Å². The van der Waals surface area contributed by atoms with E-state index >= 15 is 0 Å². The molecule has 1 unspecified atom stereocenters. The fourth-order valence-corrected chi connectivity index (χ4v) is 4.63. The number of likely N-dealkylation sites (tertiary alicyclic amines) is 1. The molecule has 1 amide bonds. The maximum Gasteiger partial charge on any atom is 0.254 e. The SMILES string of the molecule is CC(n1cnc(-c2ccccc2)cc1=O)C1(O)CCN(C(=O)[C@H](C)Cc2ccccc2)CC1. The van der Waals surface area contributed by atoms with Gasteiger partial charge in [0.25, 0.3) is 5.56 Å². The number of hydrogen-bond acceptors (Lipinski definition) is 4. The third-order valence-corrected chi connectivity index (χ3v) is 6.85. The third kappa shape index (κ3) is 5.06. The fourth-order valence-electron chi connectivity index (χ4n) is 4.63. The summed E-state index contributed by atoms with van der Waals surface area (Å²) in [5.74, 6) is -0.00651. The maximum absolute atomic E-state index is 13.0. The number of piperidine rings is 1. The standard InChI is InChI=1S/C27H31N3O3/c1-20(17-22-9-5-3-6-10-22)26(32)29-15-13-27(33,14-16-29)21(2)30-19-28-24(18-25(30)31)23-11-7-4-8-12-23/h3-12,18-21,33H,13-17H2,1-2H3/t20-,21?/m1/s1. The average molecular weight is 446 g/mol. The van der Waals surface area contributed by atoms with Crippen molar-refractivity contribution in [3.63, 3.8) is 0 Å². The second-order valence-corrected chi connectivity index (χ2v) is 9.08. The van der Waals surface area contributed by atoms with E-state index < -0.39 is 11.6 Å². The molecule has 1 saturated heterocycles. The zero-order valence-corrected chi connectivity index (χ0v) is 19.2. The lowest BCUT2D eigenvalue weighted by atomic mass is 9.84. The molecule has 1 N–H and O–H groups in total. The number of benzene rings is 2. The highest BCUT2D eigenvalue weighted by molar-refractivity contribution is 5.79. The van der Waals surface area contributed by atoms with E-state index in [1.807, 2.05) is 79.4 Å². The first-order valence-corrected chi connectivity index (χ1v) is 11.6. The highest BCUT2D eigenvalue weighted by atomic mass is 16.3. The van der Waals surface area contributed by atoms with Crippen LogP contribution in [-0.2, 0) is 11.2 Å². The van der Waals surface area contributed by atoms with Crippen LogP contribution in [0, 0.1) is 5.92 Å². The van der Waals surface area contributed by atoms with Crippen LogP contribution in [0.4, 0.5) is 0 Å². The first-order chi connectivity index (χ1) is 15.9. The lowest BCUT2D eigenvalue weighted by Crippen LogP contribution is -2.52. The van der Waals surface area contributed by atoms with E-state index in [0.717, 1.165) is 11.1 Å². The lowest BCUT2D eigenvalue weighted by Gasteiger charge is -2.42.